The smallest absolute Gasteiger partial charge is 0.196 e. The Hall–Kier alpha value is -1.51. The van der Waals surface area contributed by atoms with E-state index in [9.17, 15) is 0 Å². The second kappa shape index (κ2) is 5.04. The molecule has 21 heavy (non-hydrogen) atoms. The zero-order valence-corrected chi connectivity index (χ0v) is 13.5. The number of nitrogens with two attached hydrogens (primary N) is 1. The number of aryl methyl sites for hydroxylation is 1. The highest BCUT2D eigenvalue weighted by molar-refractivity contribution is 5.99. The highest BCUT2D eigenvalue weighted by atomic mass is 15.4. The van der Waals surface area contributed by atoms with Gasteiger partial charge in [0.15, 0.2) is 5.96 Å². The van der Waals surface area contributed by atoms with E-state index in [0.29, 0.717) is 11.4 Å². The second-order valence-corrected chi connectivity index (χ2v) is 7.54. The summed E-state index contributed by atoms with van der Waals surface area (Å²) in [6, 6.07) is 8.53. The summed E-state index contributed by atoms with van der Waals surface area (Å²) in [7, 11) is 0. The minimum Gasteiger partial charge on any atom is -0.369 e. The number of aliphatic imine (C=N–C) groups is 1. The minimum atomic E-state index is 0.101. The van der Waals surface area contributed by atoms with Crippen molar-refractivity contribution in [3.63, 3.8) is 0 Å². The average Bonchev–Trinajstić information content (AvgIpc) is 2.66. The maximum Gasteiger partial charge on any atom is 0.196 e. The fraction of sp³-hybridized carbons (Fsp3) is 0.611. The molecule has 1 aliphatic carbocycles. The summed E-state index contributed by atoms with van der Waals surface area (Å²) >= 11 is 0. The van der Waals surface area contributed by atoms with Gasteiger partial charge < -0.3 is 10.6 Å². The Kier molecular flexibility index (Phi) is 3.46. The quantitative estimate of drug-likeness (QED) is 0.851. The van der Waals surface area contributed by atoms with Gasteiger partial charge in [-0.15, -0.1) is 0 Å². The first kappa shape index (κ1) is 14.4. The molecular weight excluding hydrogens is 258 g/mol. The third-order valence-corrected chi connectivity index (χ3v) is 5.36. The average molecular weight is 285 g/mol. The standard InChI is InChI=1S/C18H27N3/c1-14-7-4-5-8-15(14)21-16(19)20-13-18(21)10-6-9-17(2,3)11-12-18/h4-5,7-8H,6,9-13H2,1-3H3,(H2,19,20). The molecule has 1 fully saturated rings. The van der Waals surface area contributed by atoms with Crippen LogP contribution in [0.3, 0.4) is 0 Å². The van der Waals surface area contributed by atoms with Gasteiger partial charge in [-0.05, 0) is 49.7 Å². The molecule has 0 aromatic heterocycles. The lowest BCUT2D eigenvalue weighted by Gasteiger charge is -2.40. The molecule has 2 aliphatic rings. The Morgan fingerprint density at radius 3 is 2.62 bits per heavy atom. The van der Waals surface area contributed by atoms with E-state index in [4.69, 9.17) is 5.73 Å². The van der Waals surface area contributed by atoms with Crippen LogP contribution < -0.4 is 10.6 Å². The summed E-state index contributed by atoms with van der Waals surface area (Å²) in [5.41, 5.74) is 9.33. The van der Waals surface area contributed by atoms with Crippen molar-refractivity contribution >= 4 is 11.6 Å². The number of hydrogen-bond acceptors (Lipinski definition) is 3. The predicted octanol–water partition coefficient (Wildman–Crippen LogP) is 3.86. The first-order chi connectivity index (χ1) is 9.94. The van der Waals surface area contributed by atoms with Gasteiger partial charge in [0.25, 0.3) is 0 Å². The fourth-order valence-corrected chi connectivity index (χ4v) is 3.90. The van der Waals surface area contributed by atoms with Crippen molar-refractivity contribution in [2.45, 2.75) is 58.4 Å². The SMILES string of the molecule is Cc1ccccc1N1C(N)=NCC12CCCC(C)(C)CC2. The van der Waals surface area contributed by atoms with Crippen LogP contribution in [0.4, 0.5) is 5.69 Å². The van der Waals surface area contributed by atoms with Crippen LogP contribution in [0.15, 0.2) is 29.3 Å². The summed E-state index contributed by atoms with van der Waals surface area (Å²) in [5, 5.41) is 0. The molecule has 3 nitrogen and oxygen atoms in total. The van der Waals surface area contributed by atoms with Gasteiger partial charge in [-0.25, -0.2) is 0 Å². The molecule has 1 heterocycles. The molecule has 1 spiro atoms. The van der Waals surface area contributed by atoms with Gasteiger partial charge in [0, 0.05) is 5.69 Å². The normalized spacial score (nSPS) is 28.5. The number of hydrogen-bond donors (Lipinski definition) is 1. The molecule has 114 valence electrons. The van der Waals surface area contributed by atoms with Gasteiger partial charge in [-0.2, -0.15) is 0 Å². The van der Waals surface area contributed by atoms with E-state index in [1.807, 2.05) is 0 Å². The first-order valence-electron chi connectivity index (χ1n) is 8.09. The number of guanidine groups is 1. The van der Waals surface area contributed by atoms with Crippen molar-refractivity contribution < 1.29 is 0 Å². The van der Waals surface area contributed by atoms with Crippen LogP contribution in [-0.4, -0.2) is 18.0 Å². The lowest BCUT2D eigenvalue weighted by Crippen LogP contribution is -2.52. The van der Waals surface area contributed by atoms with Crippen LogP contribution in [0, 0.1) is 12.3 Å². The van der Waals surface area contributed by atoms with Gasteiger partial charge in [0.05, 0.1) is 12.1 Å². The molecule has 0 saturated heterocycles. The maximum absolute atomic E-state index is 6.28. The molecule has 1 aromatic rings. The monoisotopic (exact) mass is 285 g/mol. The van der Waals surface area contributed by atoms with Crippen LogP contribution in [-0.2, 0) is 0 Å². The summed E-state index contributed by atoms with van der Waals surface area (Å²) in [5.74, 6) is 0.698. The van der Waals surface area contributed by atoms with E-state index in [1.54, 1.807) is 0 Å². The Labute approximate surface area is 128 Å². The number of benzene rings is 1. The number of para-hydroxylation sites is 1. The van der Waals surface area contributed by atoms with Gasteiger partial charge in [-0.3, -0.25) is 4.99 Å². The summed E-state index contributed by atoms with van der Waals surface area (Å²) in [4.78, 5) is 6.96. The van der Waals surface area contributed by atoms with Crippen molar-refractivity contribution in [1.82, 2.24) is 0 Å². The van der Waals surface area contributed by atoms with Crippen LogP contribution in [0.5, 0.6) is 0 Å². The highest BCUT2D eigenvalue weighted by Crippen LogP contribution is 2.44. The number of anilines is 1. The number of rotatable bonds is 1. The topological polar surface area (TPSA) is 41.6 Å². The van der Waals surface area contributed by atoms with Gasteiger partial charge in [0.1, 0.15) is 0 Å². The van der Waals surface area contributed by atoms with Gasteiger partial charge >= 0.3 is 0 Å². The van der Waals surface area contributed by atoms with Gasteiger partial charge in [-0.1, -0.05) is 38.5 Å². The molecule has 0 amide bonds. The van der Waals surface area contributed by atoms with E-state index >= 15 is 0 Å². The largest absolute Gasteiger partial charge is 0.369 e. The van der Waals surface area contributed by atoms with Crippen LogP contribution >= 0.6 is 0 Å². The summed E-state index contributed by atoms with van der Waals surface area (Å²) < 4.78 is 0. The predicted molar refractivity (Wildman–Crippen MR) is 89.7 cm³/mol. The molecule has 3 rings (SSSR count). The third kappa shape index (κ3) is 2.54. The zero-order chi connectivity index (χ0) is 15.1. The number of nitrogens with zero attached hydrogens (tertiary/aromatic N) is 2. The lowest BCUT2D eigenvalue weighted by atomic mass is 9.83. The van der Waals surface area contributed by atoms with Crippen molar-refractivity contribution in [3.8, 4) is 0 Å². The molecule has 0 bridgehead atoms. The molecular formula is C18H27N3. The zero-order valence-electron chi connectivity index (χ0n) is 13.5. The van der Waals surface area contributed by atoms with E-state index in [1.165, 1.54) is 43.4 Å². The van der Waals surface area contributed by atoms with Crippen molar-refractivity contribution in [3.05, 3.63) is 29.8 Å². The minimum absolute atomic E-state index is 0.101. The molecule has 0 radical (unpaired) electrons. The van der Waals surface area contributed by atoms with E-state index in [0.717, 1.165) is 6.54 Å². The van der Waals surface area contributed by atoms with E-state index in [2.05, 4.69) is 54.9 Å². The fourth-order valence-electron chi connectivity index (χ4n) is 3.90. The second-order valence-electron chi connectivity index (χ2n) is 7.54. The summed E-state index contributed by atoms with van der Waals surface area (Å²) in [6.45, 7) is 7.80. The van der Waals surface area contributed by atoms with Crippen molar-refractivity contribution in [2.75, 3.05) is 11.4 Å². The Morgan fingerprint density at radius 2 is 1.86 bits per heavy atom. The van der Waals surface area contributed by atoms with E-state index < -0.39 is 0 Å². The summed E-state index contributed by atoms with van der Waals surface area (Å²) in [6.07, 6.45) is 6.18. The first-order valence-corrected chi connectivity index (χ1v) is 8.09. The molecule has 2 N–H and O–H groups in total. The lowest BCUT2D eigenvalue weighted by molar-refractivity contribution is 0.302. The van der Waals surface area contributed by atoms with Crippen molar-refractivity contribution in [1.29, 1.82) is 0 Å². The molecule has 1 aromatic carbocycles. The van der Waals surface area contributed by atoms with Gasteiger partial charge in [0.2, 0.25) is 0 Å². The van der Waals surface area contributed by atoms with Crippen LogP contribution in [0.25, 0.3) is 0 Å². The molecule has 1 saturated carbocycles. The third-order valence-electron chi connectivity index (χ3n) is 5.36. The maximum atomic E-state index is 6.28. The Balaban J connectivity index is 1.97. The molecule has 1 atom stereocenters. The van der Waals surface area contributed by atoms with E-state index in [-0.39, 0.29) is 5.54 Å². The molecule has 1 unspecified atom stereocenters. The molecule has 1 aliphatic heterocycles. The Bertz CT molecular complexity index is 561. The highest BCUT2D eigenvalue weighted by Gasteiger charge is 2.45. The van der Waals surface area contributed by atoms with Crippen LogP contribution in [0.2, 0.25) is 0 Å². The molecule has 3 heteroatoms. The Morgan fingerprint density at radius 1 is 1.10 bits per heavy atom. The van der Waals surface area contributed by atoms with Crippen molar-refractivity contribution in [2.24, 2.45) is 16.1 Å². The van der Waals surface area contributed by atoms with Crippen LogP contribution in [0.1, 0.15) is 51.5 Å².